The minimum Gasteiger partial charge on any atom is -0.269 e. The van der Waals surface area contributed by atoms with Crippen LogP contribution < -0.4 is 9.03 Å². The highest BCUT2D eigenvalue weighted by molar-refractivity contribution is 9.10. The molecule has 0 amide bonds. The van der Waals surface area contributed by atoms with Crippen LogP contribution in [0.2, 0.25) is 0 Å². The van der Waals surface area contributed by atoms with Crippen molar-refractivity contribution in [1.29, 1.82) is 0 Å². The molecule has 6 nitrogen and oxygen atoms in total. The summed E-state index contributed by atoms with van der Waals surface area (Å²) in [6.07, 6.45) is 1.60. The van der Waals surface area contributed by atoms with Crippen LogP contribution in [0.1, 0.15) is 13.3 Å². The monoisotopic (exact) mass is 398 g/mol. The van der Waals surface area contributed by atoms with E-state index in [2.05, 4.69) is 20.7 Å². The number of hydrogen-bond acceptors (Lipinski definition) is 4. The van der Waals surface area contributed by atoms with Crippen LogP contribution in [0.4, 0.5) is 5.69 Å². The van der Waals surface area contributed by atoms with Gasteiger partial charge in [0.1, 0.15) is 0 Å². The Hall–Kier alpha value is -0.640. The number of hydrogen-bond donors (Lipinski definition) is 1. The number of nitrogens with one attached hydrogen (secondary N) is 1. The van der Waals surface area contributed by atoms with Crippen LogP contribution in [-0.2, 0) is 20.0 Å². The van der Waals surface area contributed by atoms with Crippen molar-refractivity contribution >= 4 is 41.7 Å². The molecule has 0 aliphatic rings. The molecule has 0 spiro atoms. The van der Waals surface area contributed by atoms with Gasteiger partial charge in [-0.1, -0.05) is 28.9 Å². The minimum atomic E-state index is -3.49. The quantitative estimate of drug-likeness (QED) is 0.719. The van der Waals surface area contributed by atoms with Gasteiger partial charge in [0.2, 0.25) is 20.0 Å². The molecule has 1 rings (SSSR count). The van der Waals surface area contributed by atoms with Gasteiger partial charge in [-0.2, -0.15) is 0 Å². The van der Waals surface area contributed by atoms with Crippen LogP contribution in [0.15, 0.2) is 28.7 Å². The minimum absolute atomic E-state index is 0.0297. The zero-order chi connectivity index (χ0) is 16.1. The van der Waals surface area contributed by atoms with Crippen molar-refractivity contribution in [3.63, 3.8) is 0 Å². The van der Waals surface area contributed by atoms with E-state index in [-0.39, 0.29) is 18.8 Å². The lowest BCUT2D eigenvalue weighted by Gasteiger charge is -2.22. The van der Waals surface area contributed by atoms with Gasteiger partial charge in [0.15, 0.2) is 0 Å². The van der Waals surface area contributed by atoms with Crippen molar-refractivity contribution in [3.05, 3.63) is 28.7 Å². The Morgan fingerprint density at radius 3 is 2.43 bits per heavy atom. The largest absolute Gasteiger partial charge is 0.269 e. The molecule has 9 heteroatoms. The summed E-state index contributed by atoms with van der Waals surface area (Å²) < 4.78 is 51.2. The zero-order valence-corrected chi connectivity index (χ0v) is 15.1. The molecule has 0 fully saturated rings. The molecule has 0 aliphatic heterocycles. The molecular weight excluding hydrogens is 380 g/mol. The Bertz CT molecular complexity index is 674. The predicted octanol–water partition coefficient (Wildman–Crippen LogP) is 1.54. The van der Waals surface area contributed by atoms with Gasteiger partial charge < -0.3 is 0 Å². The number of sulfonamides is 2. The second-order valence-electron chi connectivity index (χ2n) is 4.53. The molecule has 0 radical (unpaired) electrons. The summed E-state index contributed by atoms with van der Waals surface area (Å²) in [5, 5.41) is 0. The average molecular weight is 399 g/mol. The molecule has 1 aromatic rings. The lowest BCUT2D eigenvalue weighted by Crippen LogP contribution is -2.38. The van der Waals surface area contributed by atoms with Gasteiger partial charge in [-0.15, -0.1) is 0 Å². The molecular formula is C12H19BrN2O4S2. The molecule has 0 aromatic heterocycles. The van der Waals surface area contributed by atoms with Crippen LogP contribution in [0.25, 0.3) is 0 Å². The van der Waals surface area contributed by atoms with Gasteiger partial charge in [0, 0.05) is 17.6 Å². The van der Waals surface area contributed by atoms with E-state index in [9.17, 15) is 16.8 Å². The van der Waals surface area contributed by atoms with Gasteiger partial charge in [0.25, 0.3) is 0 Å². The molecule has 0 heterocycles. The highest BCUT2D eigenvalue weighted by Gasteiger charge is 2.18. The first kappa shape index (κ1) is 18.4. The van der Waals surface area contributed by atoms with Crippen molar-refractivity contribution in [2.24, 2.45) is 0 Å². The molecule has 0 saturated carbocycles. The van der Waals surface area contributed by atoms with Crippen molar-refractivity contribution in [1.82, 2.24) is 4.72 Å². The van der Waals surface area contributed by atoms with Crippen molar-refractivity contribution in [3.8, 4) is 0 Å². The summed E-state index contributed by atoms with van der Waals surface area (Å²) in [4.78, 5) is 0. The van der Waals surface area contributed by atoms with E-state index in [4.69, 9.17) is 0 Å². The van der Waals surface area contributed by atoms with Gasteiger partial charge in [0.05, 0.1) is 17.7 Å². The SMILES string of the molecule is CCCS(=O)(=O)NCCN(c1cccc(Br)c1)S(C)(=O)=O. The molecule has 0 saturated heterocycles. The van der Waals surface area contributed by atoms with Gasteiger partial charge in [-0.25, -0.2) is 21.6 Å². The molecule has 0 unspecified atom stereocenters. The van der Waals surface area contributed by atoms with E-state index >= 15 is 0 Å². The normalized spacial score (nSPS) is 12.3. The molecule has 0 atom stereocenters. The first-order valence-corrected chi connectivity index (χ1v) is 10.7. The van der Waals surface area contributed by atoms with Gasteiger partial charge in [-0.05, 0) is 24.6 Å². The second kappa shape index (κ2) is 7.57. The molecule has 1 N–H and O–H groups in total. The fourth-order valence-corrected chi connectivity index (χ4v) is 4.15. The highest BCUT2D eigenvalue weighted by atomic mass is 79.9. The first-order chi connectivity index (χ1) is 9.65. The summed E-state index contributed by atoms with van der Waals surface area (Å²) in [6, 6.07) is 6.83. The maximum atomic E-state index is 11.9. The van der Waals surface area contributed by atoms with E-state index in [1.807, 2.05) is 0 Å². The third kappa shape index (κ3) is 6.33. The van der Waals surface area contributed by atoms with E-state index in [1.165, 1.54) is 4.31 Å². The van der Waals surface area contributed by atoms with E-state index in [1.54, 1.807) is 31.2 Å². The molecule has 0 aliphatic carbocycles. The lowest BCUT2D eigenvalue weighted by atomic mass is 10.3. The predicted molar refractivity (Wildman–Crippen MR) is 88.4 cm³/mol. The lowest BCUT2D eigenvalue weighted by molar-refractivity contribution is 0.577. The number of halogens is 1. The van der Waals surface area contributed by atoms with Crippen molar-refractivity contribution in [2.45, 2.75) is 13.3 Å². The van der Waals surface area contributed by atoms with E-state index in [0.29, 0.717) is 12.1 Å². The Labute approximate surface area is 134 Å². The zero-order valence-electron chi connectivity index (χ0n) is 11.9. The smallest absolute Gasteiger partial charge is 0.232 e. The fourth-order valence-electron chi connectivity index (χ4n) is 1.76. The highest BCUT2D eigenvalue weighted by Crippen LogP contribution is 2.21. The van der Waals surface area contributed by atoms with Crippen LogP contribution >= 0.6 is 15.9 Å². The Balaban J connectivity index is 2.83. The summed E-state index contributed by atoms with van der Waals surface area (Å²) in [7, 11) is -6.83. The number of rotatable bonds is 8. The van der Waals surface area contributed by atoms with E-state index in [0.717, 1.165) is 10.7 Å². The Kier molecular flexibility index (Phi) is 6.64. The maximum absolute atomic E-state index is 11.9. The van der Waals surface area contributed by atoms with Crippen LogP contribution in [0.5, 0.6) is 0 Å². The molecule has 120 valence electrons. The molecule has 21 heavy (non-hydrogen) atoms. The summed E-state index contributed by atoms with van der Waals surface area (Å²) in [6.45, 7) is 1.84. The molecule has 0 bridgehead atoms. The standard InChI is InChI=1S/C12H19BrN2O4S2/c1-3-9-21(18,19)14-7-8-15(20(2,16)17)12-6-4-5-11(13)10-12/h4-6,10,14H,3,7-9H2,1-2H3. The summed E-state index contributed by atoms with van der Waals surface area (Å²) in [5.41, 5.74) is 0.488. The van der Waals surface area contributed by atoms with Crippen LogP contribution in [0.3, 0.4) is 0 Å². The maximum Gasteiger partial charge on any atom is 0.232 e. The third-order valence-electron chi connectivity index (χ3n) is 2.61. The van der Waals surface area contributed by atoms with Gasteiger partial charge >= 0.3 is 0 Å². The Morgan fingerprint density at radius 1 is 1.24 bits per heavy atom. The van der Waals surface area contributed by atoms with Crippen molar-refractivity contribution < 1.29 is 16.8 Å². The third-order valence-corrected chi connectivity index (χ3v) is 5.88. The molecule has 1 aromatic carbocycles. The van der Waals surface area contributed by atoms with Crippen LogP contribution in [0, 0.1) is 0 Å². The first-order valence-electron chi connectivity index (χ1n) is 6.36. The second-order valence-corrected chi connectivity index (χ2v) is 9.28. The topological polar surface area (TPSA) is 83.6 Å². The summed E-state index contributed by atoms with van der Waals surface area (Å²) >= 11 is 3.28. The Morgan fingerprint density at radius 2 is 1.90 bits per heavy atom. The number of nitrogens with zero attached hydrogens (tertiary/aromatic N) is 1. The van der Waals surface area contributed by atoms with E-state index < -0.39 is 20.0 Å². The summed E-state index contributed by atoms with van der Waals surface area (Å²) in [5.74, 6) is 0.0305. The number of anilines is 1. The van der Waals surface area contributed by atoms with Crippen molar-refractivity contribution in [2.75, 3.05) is 29.4 Å². The average Bonchev–Trinajstić information content (AvgIpc) is 2.33. The van der Waals surface area contributed by atoms with Gasteiger partial charge in [-0.3, -0.25) is 4.31 Å². The number of benzene rings is 1. The fraction of sp³-hybridized carbons (Fsp3) is 0.500. The van der Waals surface area contributed by atoms with Crippen LogP contribution in [-0.4, -0.2) is 41.9 Å².